The summed E-state index contributed by atoms with van der Waals surface area (Å²) in [6.07, 6.45) is 1.11. The van der Waals surface area contributed by atoms with Crippen LogP contribution in [-0.4, -0.2) is 54.0 Å². The molecule has 148 valence electrons. The third-order valence-corrected chi connectivity index (χ3v) is 5.15. The molecule has 9 nitrogen and oxygen atoms in total. The Balaban J connectivity index is 1.45. The number of nitrogens with zero attached hydrogens (tertiary/aromatic N) is 1. The number of urea groups is 1. The van der Waals surface area contributed by atoms with Crippen molar-refractivity contribution in [2.75, 3.05) is 13.2 Å². The monoisotopic (exact) mass is 387 g/mol. The molecule has 2 heterocycles. The summed E-state index contributed by atoms with van der Waals surface area (Å²) in [6.45, 7) is 1.16. The van der Waals surface area contributed by atoms with Crippen LogP contribution in [0.4, 0.5) is 4.79 Å². The van der Waals surface area contributed by atoms with Gasteiger partial charge < -0.3 is 20.1 Å². The van der Waals surface area contributed by atoms with Crippen molar-refractivity contribution in [2.24, 2.45) is 0 Å². The summed E-state index contributed by atoms with van der Waals surface area (Å²) < 4.78 is 10.7. The number of hydrogen-bond acceptors (Lipinski definition) is 6. The van der Waals surface area contributed by atoms with E-state index in [0.29, 0.717) is 11.3 Å². The molecule has 1 aliphatic carbocycles. The second-order valence-corrected chi connectivity index (χ2v) is 7.24. The van der Waals surface area contributed by atoms with Crippen molar-refractivity contribution in [1.82, 2.24) is 15.5 Å². The summed E-state index contributed by atoms with van der Waals surface area (Å²) in [7, 11) is 0. The van der Waals surface area contributed by atoms with Crippen LogP contribution in [0.1, 0.15) is 31.7 Å². The van der Waals surface area contributed by atoms with Crippen molar-refractivity contribution in [3.63, 3.8) is 0 Å². The van der Waals surface area contributed by atoms with Crippen molar-refractivity contribution in [3.05, 3.63) is 29.8 Å². The van der Waals surface area contributed by atoms with Crippen LogP contribution in [0.2, 0.25) is 0 Å². The molecule has 0 bridgehead atoms. The summed E-state index contributed by atoms with van der Waals surface area (Å²) in [5, 5.41) is 5.45. The van der Waals surface area contributed by atoms with Crippen molar-refractivity contribution in [1.29, 1.82) is 0 Å². The van der Waals surface area contributed by atoms with Crippen LogP contribution in [-0.2, 0) is 24.7 Å². The SMILES string of the molecule is C[C@H](OC(=O)CN1C(=O)N[C@@]2(CCOc3ccccc32)C1=O)C(=O)NC1CC1. The summed E-state index contributed by atoms with van der Waals surface area (Å²) in [5.41, 5.74) is -0.686. The molecule has 9 heteroatoms. The fraction of sp³-hybridized carbons (Fsp3) is 0.474. The van der Waals surface area contributed by atoms with E-state index in [0.717, 1.165) is 17.7 Å². The molecule has 1 aromatic carbocycles. The highest BCUT2D eigenvalue weighted by atomic mass is 16.5. The lowest BCUT2D eigenvalue weighted by molar-refractivity contribution is -0.156. The predicted octanol–water partition coefficient (Wildman–Crippen LogP) is 0.426. The fourth-order valence-corrected chi connectivity index (χ4v) is 3.48. The molecule has 1 saturated heterocycles. The second kappa shape index (κ2) is 6.81. The van der Waals surface area contributed by atoms with Gasteiger partial charge in [-0.3, -0.25) is 19.3 Å². The zero-order chi connectivity index (χ0) is 19.9. The lowest BCUT2D eigenvalue weighted by atomic mass is 9.84. The van der Waals surface area contributed by atoms with Gasteiger partial charge in [0, 0.05) is 18.0 Å². The zero-order valence-corrected chi connectivity index (χ0v) is 15.4. The summed E-state index contributed by atoms with van der Waals surface area (Å²) in [4.78, 5) is 50.5. The van der Waals surface area contributed by atoms with Gasteiger partial charge in [0.25, 0.3) is 11.8 Å². The van der Waals surface area contributed by atoms with Crippen LogP contribution in [0.5, 0.6) is 5.75 Å². The van der Waals surface area contributed by atoms with Gasteiger partial charge in [0.1, 0.15) is 12.3 Å². The quantitative estimate of drug-likeness (QED) is 0.559. The van der Waals surface area contributed by atoms with E-state index < -0.39 is 36.1 Å². The number of esters is 1. The second-order valence-electron chi connectivity index (χ2n) is 7.24. The maximum atomic E-state index is 13.1. The number of para-hydroxylation sites is 1. The lowest BCUT2D eigenvalue weighted by Gasteiger charge is -2.33. The van der Waals surface area contributed by atoms with Crippen molar-refractivity contribution in [3.8, 4) is 5.75 Å². The number of benzene rings is 1. The van der Waals surface area contributed by atoms with E-state index in [4.69, 9.17) is 9.47 Å². The topological polar surface area (TPSA) is 114 Å². The Labute approximate surface area is 161 Å². The molecule has 2 N–H and O–H groups in total. The molecule has 0 unspecified atom stereocenters. The number of imide groups is 1. The normalized spacial score (nSPS) is 24.2. The first-order chi connectivity index (χ1) is 13.4. The first-order valence-corrected chi connectivity index (χ1v) is 9.27. The average Bonchev–Trinajstić information content (AvgIpc) is 3.45. The number of nitrogens with one attached hydrogen (secondary N) is 2. The molecule has 2 aliphatic heterocycles. The first kappa shape index (κ1) is 18.3. The minimum absolute atomic E-state index is 0.146. The van der Waals surface area contributed by atoms with Crippen LogP contribution in [0, 0.1) is 0 Å². The predicted molar refractivity (Wildman–Crippen MR) is 95.2 cm³/mol. The molecule has 3 aliphatic rings. The number of rotatable bonds is 5. The molecule has 2 fully saturated rings. The molecule has 2 atom stereocenters. The largest absolute Gasteiger partial charge is 0.493 e. The first-order valence-electron chi connectivity index (χ1n) is 9.27. The van der Waals surface area contributed by atoms with Gasteiger partial charge in [-0.2, -0.15) is 0 Å². The standard InChI is InChI=1S/C19H21N3O6/c1-11(16(24)20-12-6-7-12)28-15(23)10-22-17(25)19(21-18(22)26)8-9-27-14-5-3-2-4-13(14)19/h2-5,11-12H,6-10H2,1H3,(H,20,24)(H,21,26)/t11-,19+/m0/s1. The molecular weight excluding hydrogens is 366 g/mol. The Hall–Kier alpha value is -3.10. The smallest absolute Gasteiger partial charge is 0.327 e. The number of fused-ring (bicyclic) bond motifs is 2. The third-order valence-electron chi connectivity index (χ3n) is 5.15. The van der Waals surface area contributed by atoms with Gasteiger partial charge in [-0.15, -0.1) is 0 Å². The van der Waals surface area contributed by atoms with Gasteiger partial charge in [0.2, 0.25) is 0 Å². The Kier molecular flexibility index (Phi) is 4.44. The van der Waals surface area contributed by atoms with E-state index in [9.17, 15) is 19.2 Å². The highest BCUT2D eigenvalue weighted by molar-refractivity contribution is 6.09. The maximum Gasteiger partial charge on any atom is 0.327 e. The van der Waals surface area contributed by atoms with Gasteiger partial charge in [-0.05, 0) is 25.8 Å². The van der Waals surface area contributed by atoms with Crippen LogP contribution in [0.3, 0.4) is 0 Å². The molecule has 1 spiro atoms. The molecule has 1 aromatic rings. The van der Waals surface area contributed by atoms with E-state index in [1.54, 1.807) is 24.3 Å². The van der Waals surface area contributed by atoms with Gasteiger partial charge in [0.05, 0.1) is 6.61 Å². The van der Waals surface area contributed by atoms with E-state index in [1.165, 1.54) is 6.92 Å². The van der Waals surface area contributed by atoms with Gasteiger partial charge in [0.15, 0.2) is 11.6 Å². The number of ether oxygens (including phenoxy) is 2. The average molecular weight is 387 g/mol. The fourth-order valence-electron chi connectivity index (χ4n) is 3.48. The third kappa shape index (κ3) is 3.17. The van der Waals surface area contributed by atoms with E-state index in [1.807, 2.05) is 0 Å². The number of carbonyl (C=O) groups excluding carboxylic acids is 4. The van der Waals surface area contributed by atoms with Gasteiger partial charge >= 0.3 is 12.0 Å². The van der Waals surface area contributed by atoms with Crippen molar-refractivity contribution >= 4 is 23.8 Å². The Bertz CT molecular complexity index is 852. The summed E-state index contributed by atoms with van der Waals surface area (Å²) in [5.74, 6) is -1.21. The number of hydrogen-bond donors (Lipinski definition) is 2. The van der Waals surface area contributed by atoms with Crippen LogP contribution < -0.4 is 15.4 Å². The van der Waals surface area contributed by atoms with Gasteiger partial charge in [-0.1, -0.05) is 18.2 Å². The minimum atomic E-state index is -1.25. The Morgan fingerprint density at radius 1 is 1.36 bits per heavy atom. The maximum absolute atomic E-state index is 13.1. The van der Waals surface area contributed by atoms with Crippen molar-refractivity contribution in [2.45, 2.75) is 43.9 Å². The minimum Gasteiger partial charge on any atom is -0.493 e. The number of carbonyl (C=O) groups is 4. The van der Waals surface area contributed by atoms with Crippen molar-refractivity contribution < 1.29 is 28.7 Å². The molecular formula is C19H21N3O6. The lowest BCUT2D eigenvalue weighted by Crippen LogP contribution is -2.48. The summed E-state index contributed by atoms with van der Waals surface area (Å²) >= 11 is 0. The van der Waals surface area contributed by atoms with Crippen LogP contribution in [0.15, 0.2) is 24.3 Å². The Morgan fingerprint density at radius 2 is 2.11 bits per heavy atom. The van der Waals surface area contributed by atoms with E-state index in [-0.39, 0.29) is 25.0 Å². The highest BCUT2D eigenvalue weighted by Crippen LogP contribution is 2.40. The molecule has 4 amide bonds. The highest BCUT2D eigenvalue weighted by Gasteiger charge is 2.55. The van der Waals surface area contributed by atoms with E-state index in [2.05, 4.69) is 10.6 Å². The molecule has 0 radical (unpaired) electrons. The molecule has 0 aromatic heterocycles. The summed E-state index contributed by atoms with van der Waals surface area (Å²) in [6, 6.07) is 6.46. The zero-order valence-electron chi connectivity index (χ0n) is 15.4. The van der Waals surface area contributed by atoms with E-state index >= 15 is 0 Å². The van der Waals surface area contributed by atoms with Crippen LogP contribution >= 0.6 is 0 Å². The number of amides is 4. The molecule has 28 heavy (non-hydrogen) atoms. The molecule has 1 saturated carbocycles. The van der Waals surface area contributed by atoms with Gasteiger partial charge in [-0.25, -0.2) is 4.79 Å². The van der Waals surface area contributed by atoms with Crippen LogP contribution in [0.25, 0.3) is 0 Å². The molecule has 4 rings (SSSR count). The Morgan fingerprint density at radius 3 is 2.86 bits per heavy atom.